The number of methoxy groups -OCH3 is 2. The Morgan fingerprint density at radius 3 is 2.19 bits per heavy atom. The smallest absolute Gasteiger partial charge is 0.313 e. The molecule has 0 fully saturated rings. The van der Waals surface area contributed by atoms with Gasteiger partial charge in [-0.15, -0.1) is 0 Å². The Morgan fingerprint density at radius 1 is 1.00 bits per heavy atom. The topological polar surface area (TPSA) is 94.5 Å². The minimum atomic E-state index is -1.07. The number of carboxylic acid groups (broad SMARTS) is 1. The molecule has 0 spiro atoms. The molecule has 0 saturated heterocycles. The number of carbonyl (C=O) groups excluding carboxylic acids is 1. The van der Waals surface area contributed by atoms with E-state index < -0.39 is 17.9 Å². The number of amides is 1. The van der Waals surface area contributed by atoms with E-state index in [1.807, 2.05) is 13.8 Å². The van der Waals surface area contributed by atoms with Crippen molar-refractivity contribution in [1.82, 2.24) is 4.90 Å². The third-order valence-electron chi connectivity index (χ3n) is 5.35. The van der Waals surface area contributed by atoms with Crippen molar-refractivity contribution in [3.8, 4) is 23.0 Å². The summed E-state index contributed by atoms with van der Waals surface area (Å²) in [7, 11) is 4.57. The highest BCUT2D eigenvalue weighted by Crippen LogP contribution is 2.49. The summed E-state index contributed by atoms with van der Waals surface area (Å²) in [5.41, 5.74) is 1.19. The van der Waals surface area contributed by atoms with Crippen LogP contribution in [0, 0.1) is 0 Å². The standard InChI is InChI=1S/C23H27NO7/c1-6-30-17-11-14-15(12-18(17)31-7-2)22(25)24(3)20(19(14)23(26)27)13-9-8-10-16(28-4)21(13)29-5/h8-12,19-20H,6-7H2,1-5H3,(H,26,27). The molecule has 2 aromatic rings. The molecule has 31 heavy (non-hydrogen) atoms. The molecule has 166 valence electrons. The normalized spacial score (nSPS) is 17.7. The number of ether oxygens (including phenoxy) is 4. The zero-order valence-corrected chi connectivity index (χ0v) is 18.3. The predicted octanol–water partition coefficient (Wildman–Crippen LogP) is 3.50. The van der Waals surface area contributed by atoms with Gasteiger partial charge in [0, 0.05) is 18.2 Å². The molecule has 1 aliphatic heterocycles. The highest BCUT2D eigenvalue weighted by atomic mass is 16.5. The second-order valence-electron chi connectivity index (χ2n) is 7.01. The molecular weight excluding hydrogens is 402 g/mol. The lowest BCUT2D eigenvalue weighted by Crippen LogP contribution is -2.42. The maximum atomic E-state index is 13.3. The lowest BCUT2D eigenvalue weighted by Gasteiger charge is -2.39. The first-order chi connectivity index (χ1) is 14.9. The van der Waals surface area contributed by atoms with Gasteiger partial charge >= 0.3 is 5.97 Å². The average Bonchev–Trinajstić information content (AvgIpc) is 2.76. The summed E-state index contributed by atoms with van der Waals surface area (Å²) >= 11 is 0. The molecule has 8 nitrogen and oxygen atoms in total. The van der Waals surface area contributed by atoms with Gasteiger partial charge in [-0.1, -0.05) is 12.1 Å². The van der Waals surface area contributed by atoms with Gasteiger partial charge in [0.2, 0.25) is 0 Å². The average molecular weight is 429 g/mol. The van der Waals surface area contributed by atoms with Crippen LogP contribution in [0.4, 0.5) is 0 Å². The van der Waals surface area contributed by atoms with E-state index >= 15 is 0 Å². The van der Waals surface area contributed by atoms with E-state index in [2.05, 4.69) is 0 Å². The van der Waals surface area contributed by atoms with Crippen LogP contribution in [-0.4, -0.2) is 56.4 Å². The van der Waals surface area contributed by atoms with E-state index in [0.717, 1.165) is 0 Å². The van der Waals surface area contributed by atoms with Gasteiger partial charge in [-0.2, -0.15) is 0 Å². The molecule has 2 atom stereocenters. The van der Waals surface area contributed by atoms with E-state index in [1.54, 1.807) is 37.4 Å². The number of rotatable bonds is 8. The molecule has 0 aromatic heterocycles. The van der Waals surface area contributed by atoms with Crippen LogP contribution in [-0.2, 0) is 4.79 Å². The number of hydrogen-bond acceptors (Lipinski definition) is 6. The van der Waals surface area contributed by atoms with Gasteiger partial charge in [0.25, 0.3) is 5.91 Å². The zero-order chi connectivity index (χ0) is 22.7. The van der Waals surface area contributed by atoms with Crippen molar-refractivity contribution < 1.29 is 33.6 Å². The summed E-state index contributed by atoms with van der Waals surface area (Å²) in [6.07, 6.45) is 0. The first-order valence-corrected chi connectivity index (χ1v) is 10.0. The highest BCUT2D eigenvalue weighted by Gasteiger charge is 2.45. The molecule has 8 heteroatoms. The molecular formula is C23H27NO7. The van der Waals surface area contributed by atoms with Gasteiger partial charge in [-0.25, -0.2) is 0 Å². The summed E-state index contributed by atoms with van der Waals surface area (Å²) in [5, 5.41) is 10.2. The van der Waals surface area contributed by atoms with Gasteiger partial charge in [-0.05, 0) is 37.6 Å². The van der Waals surface area contributed by atoms with Crippen LogP contribution in [0.2, 0.25) is 0 Å². The molecule has 3 rings (SSSR count). The minimum Gasteiger partial charge on any atom is -0.493 e. The van der Waals surface area contributed by atoms with E-state index in [1.165, 1.54) is 19.1 Å². The molecule has 0 radical (unpaired) electrons. The van der Waals surface area contributed by atoms with Crippen LogP contribution in [0.15, 0.2) is 30.3 Å². The van der Waals surface area contributed by atoms with Gasteiger partial charge in [0.1, 0.15) is 5.92 Å². The van der Waals surface area contributed by atoms with Crippen molar-refractivity contribution >= 4 is 11.9 Å². The van der Waals surface area contributed by atoms with E-state index in [9.17, 15) is 14.7 Å². The highest BCUT2D eigenvalue weighted by molar-refractivity contribution is 6.01. The fraction of sp³-hybridized carbons (Fsp3) is 0.391. The maximum Gasteiger partial charge on any atom is 0.313 e. The second kappa shape index (κ2) is 9.16. The second-order valence-corrected chi connectivity index (χ2v) is 7.01. The maximum absolute atomic E-state index is 13.3. The van der Waals surface area contributed by atoms with E-state index in [4.69, 9.17) is 18.9 Å². The zero-order valence-electron chi connectivity index (χ0n) is 18.3. The van der Waals surface area contributed by atoms with Crippen molar-refractivity contribution in [2.45, 2.75) is 25.8 Å². The van der Waals surface area contributed by atoms with Crippen molar-refractivity contribution in [3.63, 3.8) is 0 Å². The molecule has 2 unspecified atom stereocenters. The summed E-state index contributed by atoms with van der Waals surface area (Å²) < 4.78 is 22.2. The first-order valence-electron chi connectivity index (χ1n) is 10.0. The van der Waals surface area contributed by atoms with Gasteiger partial charge in [-0.3, -0.25) is 9.59 Å². The van der Waals surface area contributed by atoms with Gasteiger partial charge < -0.3 is 29.0 Å². The van der Waals surface area contributed by atoms with E-state index in [0.29, 0.717) is 47.3 Å². The van der Waals surface area contributed by atoms with Gasteiger partial charge in [0.05, 0.1) is 33.5 Å². The van der Waals surface area contributed by atoms with Crippen LogP contribution in [0.1, 0.15) is 47.3 Å². The quantitative estimate of drug-likeness (QED) is 0.686. The third-order valence-corrected chi connectivity index (χ3v) is 5.35. The largest absolute Gasteiger partial charge is 0.493 e. The summed E-state index contributed by atoms with van der Waals surface area (Å²) in [6, 6.07) is 7.57. The SMILES string of the molecule is CCOc1cc2c(cc1OCC)C(C(=O)O)C(c1cccc(OC)c1OC)N(C)C2=O. The lowest BCUT2D eigenvalue weighted by atomic mass is 9.79. The molecule has 0 aliphatic carbocycles. The number of nitrogens with zero attached hydrogens (tertiary/aromatic N) is 1. The number of fused-ring (bicyclic) bond motifs is 1. The van der Waals surface area contributed by atoms with Crippen LogP contribution in [0.3, 0.4) is 0 Å². The molecule has 0 bridgehead atoms. The molecule has 1 N–H and O–H groups in total. The summed E-state index contributed by atoms with van der Waals surface area (Å²) in [6.45, 7) is 4.41. The predicted molar refractivity (Wildman–Crippen MR) is 114 cm³/mol. The Hall–Kier alpha value is -3.42. The lowest BCUT2D eigenvalue weighted by molar-refractivity contribution is -0.140. The first kappa shape index (κ1) is 22.3. The molecule has 1 heterocycles. The summed E-state index contributed by atoms with van der Waals surface area (Å²) in [5.74, 6) is -0.769. The molecule has 1 amide bonds. The Kier molecular flexibility index (Phi) is 6.58. The number of aliphatic carboxylic acids is 1. The fourth-order valence-corrected chi connectivity index (χ4v) is 4.07. The van der Waals surface area contributed by atoms with Gasteiger partial charge in [0.15, 0.2) is 23.0 Å². The third kappa shape index (κ3) is 3.85. The van der Waals surface area contributed by atoms with Crippen molar-refractivity contribution in [3.05, 3.63) is 47.0 Å². The Balaban J connectivity index is 2.26. The number of carboxylic acids is 1. The minimum absolute atomic E-state index is 0.278. The summed E-state index contributed by atoms with van der Waals surface area (Å²) in [4.78, 5) is 27.2. The molecule has 1 aliphatic rings. The van der Waals surface area contributed by atoms with Crippen LogP contribution < -0.4 is 18.9 Å². The van der Waals surface area contributed by atoms with Crippen molar-refractivity contribution in [2.75, 3.05) is 34.5 Å². The number of carbonyl (C=O) groups is 2. The number of hydrogen-bond donors (Lipinski definition) is 1. The Labute approximate surface area is 181 Å². The van der Waals surface area contributed by atoms with Crippen molar-refractivity contribution in [2.24, 2.45) is 0 Å². The fourth-order valence-electron chi connectivity index (χ4n) is 4.07. The Bertz CT molecular complexity index is 988. The molecule has 2 aromatic carbocycles. The monoisotopic (exact) mass is 429 g/mol. The number of benzene rings is 2. The van der Waals surface area contributed by atoms with Crippen LogP contribution in [0.25, 0.3) is 0 Å². The van der Waals surface area contributed by atoms with E-state index in [-0.39, 0.29) is 11.5 Å². The molecule has 0 saturated carbocycles. The van der Waals surface area contributed by atoms with Crippen molar-refractivity contribution in [1.29, 1.82) is 0 Å². The van der Waals surface area contributed by atoms with Crippen LogP contribution in [0.5, 0.6) is 23.0 Å². The number of para-hydroxylation sites is 1. The van der Waals surface area contributed by atoms with Crippen LogP contribution >= 0.6 is 0 Å². The number of likely N-dealkylation sites (N-methyl/N-ethyl adjacent to an activating group) is 1. The Morgan fingerprint density at radius 2 is 1.65 bits per heavy atom.